The predicted octanol–water partition coefficient (Wildman–Crippen LogP) is 6.71. The molecular weight excluding hydrogens is 384 g/mol. The van der Waals surface area contributed by atoms with Gasteiger partial charge in [0.05, 0.1) is 11.4 Å². The Morgan fingerprint density at radius 3 is 1.72 bits per heavy atom. The zero-order chi connectivity index (χ0) is 16.9. The average Bonchev–Trinajstić information content (AvgIpc) is 2.67. The topological polar surface area (TPSA) is 24.7 Å². The van der Waals surface area contributed by atoms with E-state index in [4.69, 9.17) is 9.98 Å². The molecule has 0 radical (unpaired) electrons. The summed E-state index contributed by atoms with van der Waals surface area (Å²) in [6.45, 7) is 0. The lowest BCUT2D eigenvalue weighted by molar-refractivity contribution is 1.13. The fourth-order valence-electron chi connectivity index (χ4n) is 2.55. The molecule has 2 aliphatic rings. The molecule has 0 aliphatic carbocycles. The van der Waals surface area contributed by atoms with Crippen molar-refractivity contribution in [3.63, 3.8) is 0 Å². The molecule has 0 N–H and O–H groups in total. The zero-order valence-corrected chi connectivity index (χ0v) is 16.9. The van der Waals surface area contributed by atoms with Crippen LogP contribution in [0, 0.1) is 0 Å². The Hall–Kier alpha value is -0.820. The molecule has 25 heavy (non-hydrogen) atoms. The third kappa shape index (κ3) is 4.67. The molecule has 2 aromatic carbocycles. The fourth-order valence-corrected chi connectivity index (χ4v) is 6.88. The van der Waals surface area contributed by atoms with E-state index in [0.717, 1.165) is 34.4 Å². The maximum atomic E-state index is 4.77. The second kappa shape index (κ2) is 8.71. The van der Waals surface area contributed by atoms with E-state index in [2.05, 4.69) is 48.5 Å². The lowest BCUT2D eigenvalue weighted by Gasteiger charge is -2.15. The summed E-state index contributed by atoms with van der Waals surface area (Å²) in [7, 11) is 0. The van der Waals surface area contributed by atoms with Gasteiger partial charge in [-0.25, -0.2) is 9.98 Å². The molecule has 0 bridgehead atoms. The third-order valence-electron chi connectivity index (χ3n) is 3.85. The van der Waals surface area contributed by atoms with Gasteiger partial charge in [-0.3, -0.25) is 0 Å². The first-order valence-electron chi connectivity index (χ1n) is 8.23. The molecule has 0 aromatic heterocycles. The van der Waals surface area contributed by atoms with Gasteiger partial charge in [0.2, 0.25) is 0 Å². The van der Waals surface area contributed by atoms with Crippen molar-refractivity contribution in [3.8, 4) is 0 Å². The summed E-state index contributed by atoms with van der Waals surface area (Å²) in [4.78, 5) is 9.53. The van der Waals surface area contributed by atoms with Gasteiger partial charge in [0, 0.05) is 23.0 Å². The van der Waals surface area contributed by atoms with Crippen molar-refractivity contribution in [2.24, 2.45) is 9.98 Å². The smallest absolute Gasteiger partial charge is 0.130 e. The summed E-state index contributed by atoms with van der Waals surface area (Å²) in [6, 6.07) is 16.9. The minimum Gasteiger partial charge on any atom is -0.235 e. The second-order valence-electron chi connectivity index (χ2n) is 5.64. The molecule has 0 saturated carbocycles. The monoisotopic (exact) mass is 402 g/mol. The molecule has 0 saturated heterocycles. The molecule has 0 atom stereocenters. The Bertz CT molecular complexity index is 749. The first-order chi connectivity index (χ1) is 12.4. The zero-order valence-electron chi connectivity index (χ0n) is 13.7. The van der Waals surface area contributed by atoms with Crippen LogP contribution in [0.5, 0.6) is 0 Å². The van der Waals surface area contributed by atoms with Crippen LogP contribution < -0.4 is 0 Å². The first kappa shape index (κ1) is 17.6. The van der Waals surface area contributed by atoms with E-state index in [1.807, 2.05) is 47.0 Å². The van der Waals surface area contributed by atoms with Crippen molar-refractivity contribution < 1.29 is 0 Å². The lowest BCUT2D eigenvalue weighted by atomic mass is 10.2. The number of nitrogens with zero attached hydrogens (tertiary/aromatic N) is 2. The first-order valence-corrected chi connectivity index (χ1v) is 12.2. The third-order valence-corrected chi connectivity index (χ3v) is 8.51. The molecule has 4 rings (SSSR count). The number of aliphatic imine (C=N–C) groups is 2. The quantitative estimate of drug-likeness (QED) is 0.530. The highest BCUT2D eigenvalue weighted by Crippen LogP contribution is 2.36. The summed E-state index contributed by atoms with van der Waals surface area (Å²) >= 11 is 7.50. The standard InChI is InChI=1S/C19H18N2S4/c1-3-8-16-14(6-1)12-24-18(20-16)22-10-5-11-23-19-21-17-9-4-2-7-15(17)13-25-19/h1-4,6-9H,5,10-13H2. The van der Waals surface area contributed by atoms with Crippen molar-refractivity contribution in [1.29, 1.82) is 0 Å². The molecule has 2 aliphatic heterocycles. The van der Waals surface area contributed by atoms with E-state index in [0.29, 0.717) is 0 Å². The fraction of sp³-hybridized carbons (Fsp3) is 0.263. The van der Waals surface area contributed by atoms with E-state index < -0.39 is 0 Å². The highest BCUT2D eigenvalue weighted by molar-refractivity contribution is 8.39. The van der Waals surface area contributed by atoms with Crippen LogP contribution in [-0.2, 0) is 11.5 Å². The van der Waals surface area contributed by atoms with Crippen molar-refractivity contribution in [1.82, 2.24) is 0 Å². The summed E-state index contributed by atoms with van der Waals surface area (Å²) in [5, 5.41) is 0. The normalized spacial score (nSPS) is 15.8. The van der Waals surface area contributed by atoms with Crippen LogP contribution in [0.3, 0.4) is 0 Å². The molecule has 0 amide bonds. The Morgan fingerprint density at radius 1 is 0.720 bits per heavy atom. The van der Waals surface area contributed by atoms with Crippen LogP contribution in [-0.4, -0.2) is 20.3 Å². The van der Waals surface area contributed by atoms with Crippen molar-refractivity contribution in [2.75, 3.05) is 11.5 Å². The number of para-hydroxylation sites is 2. The summed E-state index contributed by atoms with van der Waals surface area (Å²) in [5.41, 5.74) is 4.98. The van der Waals surface area contributed by atoms with Crippen molar-refractivity contribution in [2.45, 2.75) is 17.9 Å². The van der Waals surface area contributed by atoms with E-state index in [9.17, 15) is 0 Å². The van der Waals surface area contributed by atoms with Crippen LogP contribution in [0.15, 0.2) is 58.5 Å². The van der Waals surface area contributed by atoms with Gasteiger partial charge in [-0.15, -0.1) is 0 Å². The van der Waals surface area contributed by atoms with E-state index in [1.165, 1.54) is 26.3 Å². The average molecular weight is 403 g/mol. The maximum absolute atomic E-state index is 4.77. The number of hydrogen-bond donors (Lipinski definition) is 0. The Morgan fingerprint density at radius 2 is 1.20 bits per heavy atom. The van der Waals surface area contributed by atoms with Gasteiger partial charge >= 0.3 is 0 Å². The number of rotatable bonds is 4. The Balaban J connectivity index is 1.22. The van der Waals surface area contributed by atoms with Gasteiger partial charge in [-0.2, -0.15) is 0 Å². The second-order valence-corrected chi connectivity index (χ2v) is 10.3. The van der Waals surface area contributed by atoms with Gasteiger partial charge < -0.3 is 0 Å². The molecule has 2 heterocycles. The van der Waals surface area contributed by atoms with Crippen LogP contribution in [0.2, 0.25) is 0 Å². The highest BCUT2D eigenvalue weighted by Gasteiger charge is 2.14. The van der Waals surface area contributed by atoms with Gasteiger partial charge in [0.25, 0.3) is 0 Å². The summed E-state index contributed by atoms with van der Waals surface area (Å²) < 4.78 is 2.42. The number of thioether (sulfide) groups is 4. The van der Waals surface area contributed by atoms with Crippen LogP contribution in [0.4, 0.5) is 11.4 Å². The summed E-state index contributed by atoms with van der Waals surface area (Å²) in [6.07, 6.45) is 1.18. The van der Waals surface area contributed by atoms with Gasteiger partial charge in [0.1, 0.15) is 8.75 Å². The number of benzene rings is 2. The van der Waals surface area contributed by atoms with Crippen LogP contribution >= 0.6 is 47.0 Å². The van der Waals surface area contributed by atoms with Gasteiger partial charge in [-0.1, -0.05) is 83.4 Å². The minimum absolute atomic E-state index is 1.05. The molecule has 0 spiro atoms. The maximum Gasteiger partial charge on any atom is 0.130 e. The van der Waals surface area contributed by atoms with Crippen LogP contribution in [0.25, 0.3) is 0 Å². The lowest BCUT2D eigenvalue weighted by Crippen LogP contribution is -1.99. The molecule has 0 unspecified atom stereocenters. The van der Waals surface area contributed by atoms with E-state index in [-0.39, 0.29) is 0 Å². The Labute approximate surface area is 165 Å². The van der Waals surface area contributed by atoms with Crippen molar-refractivity contribution >= 4 is 67.2 Å². The molecule has 2 nitrogen and oxygen atoms in total. The number of hydrogen-bond acceptors (Lipinski definition) is 6. The van der Waals surface area contributed by atoms with Crippen LogP contribution in [0.1, 0.15) is 17.5 Å². The molecule has 0 fully saturated rings. The largest absolute Gasteiger partial charge is 0.235 e. The minimum atomic E-state index is 1.05. The summed E-state index contributed by atoms with van der Waals surface area (Å²) in [5.74, 6) is 4.33. The van der Waals surface area contributed by atoms with Crippen molar-refractivity contribution in [3.05, 3.63) is 59.7 Å². The SMILES string of the molecule is c1ccc2c(c1)CSC(SCCCSC1=Nc3ccccc3CS1)=N2. The number of fused-ring (bicyclic) bond motifs is 2. The molecule has 128 valence electrons. The van der Waals surface area contributed by atoms with E-state index >= 15 is 0 Å². The molecule has 6 heteroatoms. The Kier molecular flexibility index (Phi) is 6.13. The van der Waals surface area contributed by atoms with E-state index in [1.54, 1.807) is 0 Å². The highest BCUT2D eigenvalue weighted by atomic mass is 32.2. The predicted molar refractivity (Wildman–Crippen MR) is 119 cm³/mol. The van der Waals surface area contributed by atoms with Gasteiger partial charge in [0.15, 0.2) is 0 Å². The van der Waals surface area contributed by atoms with Gasteiger partial charge in [-0.05, 0) is 29.7 Å². The molecular formula is C19H18N2S4. The molecule has 2 aromatic rings.